The van der Waals surface area contributed by atoms with Crippen molar-refractivity contribution in [1.82, 2.24) is 4.98 Å². The van der Waals surface area contributed by atoms with Gasteiger partial charge in [0, 0.05) is 18.6 Å². The van der Waals surface area contributed by atoms with E-state index < -0.39 is 5.97 Å². The van der Waals surface area contributed by atoms with Gasteiger partial charge in [0.2, 0.25) is 0 Å². The Balaban J connectivity index is 2.34. The molecular formula is C12H17NO3S. The van der Waals surface area contributed by atoms with Gasteiger partial charge in [-0.25, -0.2) is 9.78 Å². The molecule has 17 heavy (non-hydrogen) atoms. The van der Waals surface area contributed by atoms with Gasteiger partial charge in [0.15, 0.2) is 0 Å². The monoisotopic (exact) mass is 255 g/mol. The smallest absolute Gasteiger partial charge is 0.338 e. The lowest BCUT2D eigenvalue weighted by Crippen LogP contribution is -2.03. The zero-order valence-electron chi connectivity index (χ0n) is 9.89. The van der Waals surface area contributed by atoms with Crippen molar-refractivity contribution in [3.8, 4) is 0 Å². The van der Waals surface area contributed by atoms with E-state index in [4.69, 9.17) is 9.84 Å². The molecule has 94 valence electrons. The maximum absolute atomic E-state index is 10.9. The van der Waals surface area contributed by atoms with Crippen LogP contribution in [0.3, 0.4) is 0 Å². The van der Waals surface area contributed by atoms with Crippen molar-refractivity contribution in [3.63, 3.8) is 0 Å². The molecule has 0 atom stereocenters. The molecule has 0 bridgehead atoms. The second-order valence-electron chi connectivity index (χ2n) is 3.48. The van der Waals surface area contributed by atoms with Gasteiger partial charge in [0.1, 0.15) is 5.03 Å². The van der Waals surface area contributed by atoms with Gasteiger partial charge in [0.25, 0.3) is 0 Å². The molecule has 1 aromatic heterocycles. The first-order chi connectivity index (χ1) is 8.25. The Labute approximate surface area is 105 Å². The molecule has 1 aromatic rings. The Morgan fingerprint density at radius 3 is 3.06 bits per heavy atom. The van der Waals surface area contributed by atoms with Crippen molar-refractivity contribution in [2.75, 3.05) is 19.0 Å². The van der Waals surface area contributed by atoms with Gasteiger partial charge in [-0.05, 0) is 18.6 Å². The van der Waals surface area contributed by atoms with E-state index in [9.17, 15) is 4.79 Å². The lowest BCUT2D eigenvalue weighted by atomic mass is 10.3. The van der Waals surface area contributed by atoms with Gasteiger partial charge < -0.3 is 9.84 Å². The summed E-state index contributed by atoms with van der Waals surface area (Å²) in [4.78, 5) is 15.0. The van der Waals surface area contributed by atoms with Crippen LogP contribution >= 0.6 is 11.8 Å². The average molecular weight is 255 g/mol. The number of carboxylic acid groups (broad SMARTS) is 1. The molecule has 0 aliphatic rings. The van der Waals surface area contributed by atoms with Crippen molar-refractivity contribution in [1.29, 1.82) is 0 Å². The van der Waals surface area contributed by atoms with Crippen LogP contribution in [0.2, 0.25) is 0 Å². The van der Waals surface area contributed by atoms with Crippen LogP contribution in [0, 0.1) is 0 Å². The normalized spacial score (nSPS) is 10.4. The number of aromatic carboxylic acids is 1. The maximum atomic E-state index is 10.9. The third-order valence-electron chi connectivity index (χ3n) is 2.11. The number of ether oxygens (including phenoxy) is 1. The van der Waals surface area contributed by atoms with Gasteiger partial charge in [0.05, 0.1) is 12.2 Å². The summed E-state index contributed by atoms with van der Waals surface area (Å²) in [5.41, 5.74) is 0.256. The summed E-state index contributed by atoms with van der Waals surface area (Å²) in [6.45, 7) is 3.51. The summed E-state index contributed by atoms with van der Waals surface area (Å²) in [6.07, 6.45) is 3.79. The predicted octanol–water partition coefficient (Wildman–Crippen LogP) is 2.69. The molecule has 0 fully saturated rings. The Bertz CT molecular complexity index is 357. The number of aromatic nitrogens is 1. The fourth-order valence-corrected chi connectivity index (χ4v) is 2.06. The van der Waals surface area contributed by atoms with E-state index in [1.807, 2.05) is 0 Å². The first kappa shape index (κ1) is 14.0. The number of pyridine rings is 1. The van der Waals surface area contributed by atoms with E-state index in [1.165, 1.54) is 11.8 Å². The molecule has 4 nitrogen and oxygen atoms in total. The number of unbranched alkanes of at least 4 members (excludes halogenated alkanes) is 1. The number of carboxylic acids is 1. The van der Waals surface area contributed by atoms with Crippen LogP contribution < -0.4 is 0 Å². The van der Waals surface area contributed by atoms with E-state index in [1.54, 1.807) is 18.3 Å². The number of carbonyl (C=O) groups is 1. The quantitative estimate of drug-likeness (QED) is 0.571. The minimum Gasteiger partial charge on any atom is -0.478 e. The van der Waals surface area contributed by atoms with Crippen LogP contribution in [0.5, 0.6) is 0 Å². The van der Waals surface area contributed by atoms with Crippen molar-refractivity contribution in [2.24, 2.45) is 0 Å². The van der Waals surface area contributed by atoms with Crippen molar-refractivity contribution >= 4 is 17.7 Å². The van der Waals surface area contributed by atoms with E-state index in [-0.39, 0.29) is 5.56 Å². The van der Waals surface area contributed by atoms with Gasteiger partial charge in [-0.2, -0.15) is 0 Å². The largest absolute Gasteiger partial charge is 0.478 e. The van der Waals surface area contributed by atoms with Crippen LogP contribution in [0.25, 0.3) is 0 Å². The van der Waals surface area contributed by atoms with Gasteiger partial charge in [-0.1, -0.05) is 13.3 Å². The van der Waals surface area contributed by atoms with E-state index >= 15 is 0 Å². The highest BCUT2D eigenvalue weighted by Gasteiger charge is 2.10. The molecule has 0 aliphatic heterocycles. The molecule has 1 heterocycles. The highest BCUT2D eigenvalue weighted by molar-refractivity contribution is 7.99. The topological polar surface area (TPSA) is 59.4 Å². The minimum absolute atomic E-state index is 0.256. The summed E-state index contributed by atoms with van der Waals surface area (Å²) in [5.74, 6) is -0.214. The maximum Gasteiger partial charge on any atom is 0.338 e. The molecule has 0 aromatic carbocycles. The van der Waals surface area contributed by atoms with Crippen LogP contribution in [-0.4, -0.2) is 35.0 Å². The van der Waals surface area contributed by atoms with Gasteiger partial charge in [-0.3, -0.25) is 0 Å². The summed E-state index contributed by atoms with van der Waals surface area (Å²) in [5, 5.41) is 9.51. The average Bonchev–Trinajstić information content (AvgIpc) is 2.34. The summed E-state index contributed by atoms with van der Waals surface area (Å²) < 4.78 is 5.40. The lowest BCUT2D eigenvalue weighted by Gasteiger charge is -2.05. The van der Waals surface area contributed by atoms with Crippen molar-refractivity contribution in [3.05, 3.63) is 23.9 Å². The van der Waals surface area contributed by atoms with Crippen molar-refractivity contribution < 1.29 is 14.6 Å². The molecule has 1 rings (SSSR count). The number of thioether (sulfide) groups is 1. The number of nitrogens with zero attached hydrogens (tertiary/aromatic N) is 1. The highest BCUT2D eigenvalue weighted by Crippen LogP contribution is 2.19. The second-order valence-corrected chi connectivity index (χ2v) is 4.56. The molecule has 0 saturated carbocycles. The molecule has 5 heteroatoms. The fourth-order valence-electron chi connectivity index (χ4n) is 1.21. The Morgan fingerprint density at radius 1 is 1.53 bits per heavy atom. The standard InChI is InChI=1S/C12H17NO3S/c1-2-3-7-16-8-9-17-11-10(12(14)15)5-4-6-13-11/h4-6H,2-3,7-9H2,1H3,(H,14,15). The molecule has 0 radical (unpaired) electrons. The highest BCUT2D eigenvalue weighted by atomic mass is 32.2. The van der Waals surface area contributed by atoms with Crippen LogP contribution in [0.15, 0.2) is 23.4 Å². The predicted molar refractivity (Wildman–Crippen MR) is 67.6 cm³/mol. The molecule has 0 aliphatic carbocycles. The number of hydrogen-bond donors (Lipinski definition) is 1. The second kappa shape index (κ2) is 8.08. The Kier molecular flexibility index (Phi) is 6.65. The van der Waals surface area contributed by atoms with E-state index in [0.29, 0.717) is 11.6 Å². The van der Waals surface area contributed by atoms with Crippen LogP contribution in [-0.2, 0) is 4.74 Å². The molecule has 0 amide bonds. The zero-order chi connectivity index (χ0) is 12.5. The molecule has 0 saturated heterocycles. The molecule has 0 unspecified atom stereocenters. The zero-order valence-corrected chi connectivity index (χ0v) is 10.7. The summed E-state index contributed by atoms with van der Waals surface area (Å²) >= 11 is 1.42. The van der Waals surface area contributed by atoms with Gasteiger partial charge >= 0.3 is 5.97 Å². The first-order valence-electron chi connectivity index (χ1n) is 5.64. The van der Waals surface area contributed by atoms with E-state index in [2.05, 4.69) is 11.9 Å². The summed E-state index contributed by atoms with van der Waals surface area (Å²) in [6, 6.07) is 3.20. The lowest BCUT2D eigenvalue weighted by molar-refractivity contribution is 0.0692. The molecular weight excluding hydrogens is 238 g/mol. The first-order valence-corrected chi connectivity index (χ1v) is 6.63. The number of rotatable bonds is 8. The molecule has 0 spiro atoms. The Morgan fingerprint density at radius 2 is 2.35 bits per heavy atom. The third-order valence-corrected chi connectivity index (χ3v) is 3.08. The van der Waals surface area contributed by atoms with E-state index in [0.717, 1.165) is 25.2 Å². The van der Waals surface area contributed by atoms with Crippen molar-refractivity contribution in [2.45, 2.75) is 24.8 Å². The minimum atomic E-state index is -0.937. The third kappa shape index (κ3) is 5.19. The Hall–Kier alpha value is -1.07. The fraction of sp³-hybridized carbons (Fsp3) is 0.500. The van der Waals surface area contributed by atoms with Crippen LogP contribution in [0.1, 0.15) is 30.1 Å². The summed E-state index contributed by atoms with van der Waals surface area (Å²) in [7, 11) is 0. The SMILES string of the molecule is CCCCOCCSc1ncccc1C(=O)O. The molecule has 1 N–H and O–H groups in total. The number of hydrogen-bond acceptors (Lipinski definition) is 4. The van der Waals surface area contributed by atoms with Crippen LogP contribution in [0.4, 0.5) is 0 Å². The van der Waals surface area contributed by atoms with Gasteiger partial charge in [-0.15, -0.1) is 11.8 Å².